The van der Waals surface area contributed by atoms with Crippen LogP contribution >= 0.6 is 0 Å². The summed E-state index contributed by atoms with van der Waals surface area (Å²) in [6.07, 6.45) is 0.804. The summed E-state index contributed by atoms with van der Waals surface area (Å²) in [5.74, 6) is -1.25. The Labute approximate surface area is 98.4 Å². The zero-order chi connectivity index (χ0) is 13.1. The van der Waals surface area contributed by atoms with Gasteiger partial charge in [0.05, 0.1) is 13.0 Å². The third-order valence-electron chi connectivity index (χ3n) is 2.20. The van der Waals surface area contributed by atoms with Gasteiger partial charge in [-0.3, -0.25) is 4.79 Å². The molecule has 0 amide bonds. The highest BCUT2D eigenvalue weighted by molar-refractivity contribution is 5.88. The van der Waals surface area contributed by atoms with Crippen molar-refractivity contribution in [3.8, 4) is 0 Å². The second-order valence-corrected chi connectivity index (χ2v) is 3.67. The Balaban J connectivity index is 3.14. The summed E-state index contributed by atoms with van der Waals surface area (Å²) >= 11 is 0. The van der Waals surface area contributed by atoms with Crippen molar-refractivity contribution in [1.82, 2.24) is 14.8 Å². The molecule has 1 aromatic heterocycles. The van der Waals surface area contributed by atoms with E-state index in [9.17, 15) is 14.7 Å². The normalized spacial score (nSPS) is 14.1. The van der Waals surface area contributed by atoms with Gasteiger partial charge in [-0.25, -0.2) is 14.5 Å². The molecule has 7 heteroatoms. The number of rotatable bonds is 5. The van der Waals surface area contributed by atoms with Gasteiger partial charge in [-0.1, -0.05) is 0 Å². The Morgan fingerprint density at radius 3 is 2.65 bits per heavy atom. The van der Waals surface area contributed by atoms with Crippen LogP contribution in [0.5, 0.6) is 0 Å². The molecule has 0 aliphatic carbocycles. The van der Waals surface area contributed by atoms with E-state index in [1.165, 1.54) is 25.0 Å². The van der Waals surface area contributed by atoms with Crippen LogP contribution in [0, 0.1) is 0 Å². The van der Waals surface area contributed by atoms with E-state index in [0.29, 0.717) is 0 Å². The first-order chi connectivity index (χ1) is 7.91. The van der Waals surface area contributed by atoms with E-state index in [1.54, 1.807) is 6.92 Å². The van der Waals surface area contributed by atoms with Crippen LogP contribution in [0.4, 0.5) is 0 Å². The number of hydrogen-bond donors (Lipinski definition) is 1. The number of carbonyl (C=O) groups excluding carboxylic acids is 2. The fourth-order valence-electron chi connectivity index (χ4n) is 1.52. The highest BCUT2D eigenvalue weighted by Crippen LogP contribution is 2.24. The van der Waals surface area contributed by atoms with Crippen LogP contribution in [0.25, 0.3) is 0 Å². The third-order valence-corrected chi connectivity index (χ3v) is 2.20. The highest BCUT2D eigenvalue weighted by Gasteiger charge is 2.44. The second-order valence-electron chi connectivity index (χ2n) is 3.67. The summed E-state index contributed by atoms with van der Waals surface area (Å²) in [6, 6.07) is 0. The van der Waals surface area contributed by atoms with E-state index in [2.05, 4.69) is 10.1 Å². The van der Waals surface area contributed by atoms with E-state index >= 15 is 0 Å². The van der Waals surface area contributed by atoms with Crippen molar-refractivity contribution in [3.63, 3.8) is 0 Å². The first kappa shape index (κ1) is 13.3. The molecule has 1 N–H and O–H groups in total. The maximum atomic E-state index is 11.7. The minimum Gasteiger partial charge on any atom is -0.463 e. The molecule has 0 radical (unpaired) electrons. The van der Waals surface area contributed by atoms with Gasteiger partial charge in [-0.15, -0.1) is 0 Å². The number of hydrogen-bond acceptors (Lipinski definition) is 6. The number of ether oxygens (including phenoxy) is 1. The Hall–Kier alpha value is -1.76. The predicted octanol–water partition coefficient (Wildman–Crippen LogP) is -0.455. The Morgan fingerprint density at radius 1 is 1.59 bits per heavy atom. The molecule has 1 atom stereocenters. The smallest absolute Gasteiger partial charge is 0.346 e. The van der Waals surface area contributed by atoms with Crippen molar-refractivity contribution >= 4 is 11.8 Å². The summed E-state index contributed by atoms with van der Waals surface area (Å²) in [5, 5.41) is 14.1. The van der Waals surface area contributed by atoms with Gasteiger partial charge in [0, 0.05) is 7.05 Å². The van der Waals surface area contributed by atoms with Crippen molar-refractivity contribution in [1.29, 1.82) is 0 Å². The summed E-state index contributed by atoms with van der Waals surface area (Å²) in [5.41, 5.74) is -2.08. The molecule has 1 aromatic rings. The molecule has 7 nitrogen and oxygen atoms in total. The number of carbonyl (C=O) groups is 2. The number of aliphatic hydroxyl groups is 1. The largest absolute Gasteiger partial charge is 0.463 e. The van der Waals surface area contributed by atoms with Crippen LogP contribution in [-0.2, 0) is 27.0 Å². The first-order valence-electron chi connectivity index (χ1n) is 5.15. The van der Waals surface area contributed by atoms with E-state index < -0.39 is 18.0 Å². The monoisotopic (exact) mass is 241 g/mol. The van der Waals surface area contributed by atoms with Crippen molar-refractivity contribution in [2.75, 3.05) is 6.61 Å². The quantitative estimate of drug-likeness (QED) is 0.701. The topological polar surface area (TPSA) is 94.3 Å². The average Bonchev–Trinajstić information content (AvgIpc) is 2.64. The maximum Gasteiger partial charge on any atom is 0.346 e. The summed E-state index contributed by atoms with van der Waals surface area (Å²) in [4.78, 5) is 26.7. The van der Waals surface area contributed by atoms with Crippen LogP contribution in [0.15, 0.2) is 6.33 Å². The minimum absolute atomic E-state index is 0.00819. The number of ketones is 1. The zero-order valence-corrected chi connectivity index (χ0v) is 10.0. The Kier molecular flexibility index (Phi) is 3.95. The number of aromatic nitrogens is 3. The summed E-state index contributed by atoms with van der Waals surface area (Å²) < 4.78 is 6.00. The van der Waals surface area contributed by atoms with Gasteiger partial charge in [-0.05, 0) is 13.8 Å². The SMILES string of the molecule is CCOC(=O)C(O)(CC(C)=O)c1ncnn1C. The lowest BCUT2D eigenvalue weighted by atomic mass is 9.96. The lowest BCUT2D eigenvalue weighted by Gasteiger charge is -2.23. The molecule has 0 spiro atoms. The van der Waals surface area contributed by atoms with Gasteiger partial charge in [0.2, 0.25) is 5.60 Å². The summed E-state index contributed by atoms with van der Waals surface area (Å²) in [6.45, 7) is 3.00. The molecule has 0 saturated carbocycles. The van der Waals surface area contributed by atoms with Crippen molar-refractivity contribution in [2.45, 2.75) is 25.9 Å². The van der Waals surface area contributed by atoms with Crippen LogP contribution in [0.3, 0.4) is 0 Å². The van der Waals surface area contributed by atoms with Crippen LogP contribution in [-0.4, -0.2) is 38.2 Å². The molecule has 1 unspecified atom stereocenters. The van der Waals surface area contributed by atoms with Crippen LogP contribution in [0.1, 0.15) is 26.1 Å². The minimum atomic E-state index is -2.08. The van der Waals surface area contributed by atoms with E-state index in [0.717, 1.165) is 0 Å². The molecule has 1 heterocycles. The van der Waals surface area contributed by atoms with Gasteiger partial charge < -0.3 is 9.84 Å². The molecule has 1 rings (SSSR count). The number of aryl methyl sites for hydroxylation is 1. The molecule has 0 saturated heterocycles. The Bertz CT molecular complexity index is 429. The lowest BCUT2D eigenvalue weighted by Crippen LogP contribution is -2.41. The molecule has 0 aliphatic rings. The van der Waals surface area contributed by atoms with Crippen LogP contribution in [0.2, 0.25) is 0 Å². The van der Waals surface area contributed by atoms with Crippen LogP contribution < -0.4 is 0 Å². The molecule has 0 aromatic carbocycles. The maximum absolute atomic E-state index is 11.7. The van der Waals surface area contributed by atoms with E-state index in [4.69, 9.17) is 4.74 Å². The fourth-order valence-corrected chi connectivity index (χ4v) is 1.52. The third kappa shape index (κ3) is 2.68. The molecule has 94 valence electrons. The lowest BCUT2D eigenvalue weighted by molar-refractivity contribution is -0.170. The van der Waals surface area contributed by atoms with E-state index in [1.807, 2.05) is 0 Å². The average molecular weight is 241 g/mol. The van der Waals surface area contributed by atoms with Gasteiger partial charge in [-0.2, -0.15) is 5.10 Å². The molecular weight excluding hydrogens is 226 g/mol. The molecule has 0 bridgehead atoms. The molecule has 17 heavy (non-hydrogen) atoms. The predicted molar refractivity (Wildman–Crippen MR) is 56.8 cm³/mol. The molecule has 0 aliphatic heterocycles. The standard InChI is InChI=1S/C10H15N3O4/c1-4-17-9(15)10(16,5-7(2)14)8-11-6-12-13(8)3/h6,16H,4-5H2,1-3H3. The first-order valence-corrected chi connectivity index (χ1v) is 5.15. The van der Waals surface area contributed by atoms with Crippen molar-refractivity contribution < 1.29 is 19.4 Å². The Morgan fingerprint density at radius 2 is 2.24 bits per heavy atom. The summed E-state index contributed by atoms with van der Waals surface area (Å²) in [7, 11) is 1.52. The zero-order valence-electron chi connectivity index (χ0n) is 10.0. The number of nitrogens with zero attached hydrogens (tertiary/aromatic N) is 3. The second kappa shape index (κ2) is 5.05. The molecule has 0 fully saturated rings. The highest BCUT2D eigenvalue weighted by atomic mass is 16.5. The number of Topliss-reactive ketones (excluding diaryl/α,β-unsaturated/α-hetero) is 1. The van der Waals surface area contributed by atoms with E-state index in [-0.39, 0.29) is 18.2 Å². The number of esters is 1. The van der Waals surface area contributed by atoms with Gasteiger partial charge in [0.1, 0.15) is 12.1 Å². The fraction of sp³-hybridized carbons (Fsp3) is 0.600. The van der Waals surface area contributed by atoms with Gasteiger partial charge in [0.15, 0.2) is 5.82 Å². The van der Waals surface area contributed by atoms with Crippen molar-refractivity contribution in [3.05, 3.63) is 12.2 Å². The van der Waals surface area contributed by atoms with Crippen molar-refractivity contribution in [2.24, 2.45) is 7.05 Å². The molecular formula is C10H15N3O4. The van der Waals surface area contributed by atoms with Gasteiger partial charge in [0.25, 0.3) is 0 Å². The van der Waals surface area contributed by atoms with Gasteiger partial charge >= 0.3 is 5.97 Å².